The minimum atomic E-state index is -3.51. The molecule has 1 unspecified atom stereocenters. The molecule has 0 amide bonds. The minimum Gasteiger partial charge on any atom is -0.493 e. The molecule has 2 heterocycles. The van der Waals surface area contributed by atoms with Crippen LogP contribution >= 0.6 is 11.3 Å². The van der Waals surface area contributed by atoms with E-state index in [1.807, 2.05) is 12.1 Å². The van der Waals surface area contributed by atoms with Gasteiger partial charge in [-0.25, -0.2) is 8.42 Å². The number of benzene rings is 1. The average molecular weight is 396 g/mol. The Morgan fingerprint density at radius 2 is 1.92 bits per heavy atom. The van der Waals surface area contributed by atoms with Crippen LogP contribution in [0.4, 0.5) is 0 Å². The summed E-state index contributed by atoms with van der Waals surface area (Å²) in [6, 6.07) is 7.18. The fourth-order valence-electron chi connectivity index (χ4n) is 3.51. The van der Waals surface area contributed by atoms with Gasteiger partial charge in [0.25, 0.3) is 10.0 Å². The fourth-order valence-corrected chi connectivity index (χ4v) is 6.25. The Morgan fingerprint density at radius 1 is 1.23 bits per heavy atom. The number of hydrogen-bond acceptors (Lipinski definition) is 5. The zero-order chi connectivity index (χ0) is 18.9. The number of fused-ring (bicyclic) bond motifs is 1. The Morgan fingerprint density at radius 3 is 2.50 bits per heavy atom. The standard InChI is InChI=1S/C19H25NO4S2/c1-13(2)10-16-15-12-18(24-4)17(23-3)11-14(15)7-8-20(16)26(21,22)19-6-5-9-25-19/h5-6,9,11-13,16H,7-8,10H2,1-4H3. The van der Waals surface area contributed by atoms with Crippen molar-refractivity contribution in [2.75, 3.05) is 20.8 Å². The highest BCUT2D eigenvalue weighted by Crippen LogP contribution is 2.42. The molecule has 5 nitrogen and oxygen atoms in total. The summed E-state index contributed by atoms with van der Waals surface area (Å²) in [4.78, 5) is 0. The average Bonchev–Trinajstić information content (AvgIpc) is 3.15. The molecule has 0 spiro atoms. The predicted octanol–water partition coefficient (Wildman–Crippen LogP) is 4.10. The van der Waals surface area contributed by atoms with Crippen LogP contribution in [0, 0.1) is 5.92 Å². The van der Waals surface area contributed by atoms with Crippen molar-refractivity contribution in [2.24, 2.45) is 5.92 Å². The van der Waals surface area contributed by atoms with E-state index in [1.54, 1.807) is 36.0 Å². The van der Waals surface area contributed by atoms with Crippen molar-refractivity contribution >= 4 is 21.4 Å². The molecule has 3 rings (SSSR count). The number of thiophene rings is 1. The molecule has 1 aromatic heterocycles. The molecule has 0 fully saturated rings. The van der Waals surface area contributed by atoms with Crippen molar-refractivity contribution in [3.63, 3.8) is 0 Å². The van der Waals surface area contributed by atoms with E-state index in [1.165, 1.54) is 11.3 Å². The molecule has 7 heteroatoms. The van der Waals surface area contributed by atoms with Crippen LogP contribution < -0.4 is 9.47 Å². The van der Waals surface area contributed by atoms with Gasteiger partial charge in [-0.3, -0.25) is 0 Å². The number of sulfonamides is 1. The van der Waals surface area contributed by atoms with E-state index < -0.39 is 10.0 Å². The molecule has 0 radical (unpaired) electrons. The lowest BCUT2D eigenvalue weighted by Gasteiger charge is -2.37. The van der Waals surface area contributed by atoms with E-state index in [0.29, 0.717) is 34.6 Å². The van der Waals surface area contributed by atoms with E-state index in [2.05, 4.69) is 13.8 Å². The van der Waals surface area contributed by atoms with Crippen molar-refractivity contribution in [2.45, 2.75) is 36.9 Å². The van der Waals surface area contributed by atoms with Gasteiger partial charge in [0, 0.05) is 6.54 Å². The quantitative estimate of drug-likeness (QED) is 0.739. The van der Waals surface area contributed by atoms with E-state index in [-0.39, 0.29) is 6.04 Å². The monoisotopic (exact) mass is 395 g/mol. The van der Waals surface area contributed by atoms with Crippen molar-refractivity contribution in [1.29, 1.82) is 0 Å². The summed E-state index contributed by atoms with van der Waals surface area (Å²) < 4.78 is 39.3. The third kappa shape index (κ3) is 3.48. The minimum absolute atomic E-state index is 0.203. The number of nitrogens with zero attached hydrogens (tertiary/aromatic N) is 1. The largest absolute Gasteiger partial charge is 0.493 e. The van der Waals surface area contributed by atoms with Crippen LogP contribution in [-0.2, 0) is 16.4 Å². The first kappa shape index (κ1) is 19.2. The Kier molecular flexibility index (Phi) is 5.60. The van der Waals surface area contributed by atoms with Gasteiger partial charge in [-0.1, -0.05) is 19.9 Å². The normalized spacial score (nSPS) is 18.0. The number of methoxy groups -OCH3 is 2. The molecule has 1 atom stereocenters. The van der Waals surface area contributed by atoms with Gasteiger partial charge in [-0.15, -0.1) is 11.3 Å². The lowest BCUT2D eigenvalue weighted by Crippen LogP contribution is -2.40. The van der Waals surface area contributed by atoms with Gasteiger partial charge in [-0.05, 0) is 53.5 Å². The summed E-state index contributed by atoms with van der Waals surface area (Å²) in [7, 11) is -0.293. The molecule has 0 bridgehead atoms. The lowest BCUT2D eigenvalue weighted by atomic mass is 9.89. The second-order valence-corrected chi connectivity index (χ2v) is 9.91. The summed E-state index contributed by atoms with van der Waals surface area (Å²) in [6.07, 6.45) is 1.42. The molecule has 1 aromatic carbocycles. The number of hydrogen-bond donors (Lipinski definition) is 0. The first-order valence-corrected chi connectivity index (χ1v) is 11.0. The van der Waals surface area contributed by atoms with Crippen LogP contribution in [0.1, 0.15) is 37.4 Å². The van der Waals surface area contributed by atoms with Gasteiger partial charge in [-0.2, -0.15) is 4.31 Å². The highest BCUT2D eigenvalue weighted by Gasteiger charge is 2.37. The van der Waals surface area contributed by atoms with E-state index in [9.17, 15) is 8.42 Å². The van der Waals surface area contributed by atoms with Gasteiger partial charge in [0.15, 0.2) is 11.5 Å². The van der Waals surface area contributed by atoms with E-state index >= 15 is 0 Å². The van der Waals surface area contributed by atoms with E-state index in [4.69, 9.17) is 9.47 Å². The molecule has 0 N–H and O–H groups in total. The zero-order valence-corrected chi connectivity index (χ0v) is 17.2. The van der Waals surface area contributed by atoms with Crippen LogP contribution in [0.25, 0.3) is 0 Å². The van der Waals surface area contributed by atoms with Gasteiger partial charge in [0.05, 0.1) is 20.3 Å². The SMILES string of the molecule is COc1cc2c(cc1OC)C(CC(C)C)N(S(=O)(=O)c1cccs1)CC2. The molecule has 26 heavy (non-hydrogen) atoms. The Balaban J connectivity index is 2.10. The molecule has 1 aliphatic heterocycles. The topological polar surface area (TPSA) is 55.8 Å². The molecule has 2 aromatic rings. The van der Waals surface area contributed by atoms with Gasteiger partial charge >= 0.3 is 0 Å². The fraction of sp³-hybridized carbons (Fsp3) is 0.474. The van der Waals surface area contributed by atoms with Gasteiger partial charge in [0.1, 0.15) is 4.21 Å². The Hall–Kier alpha value is -1.57. The van der Waals surface area contributed by atoms with Crippen molar-refractivity contribution < 1.29 is 17.9 Å². The molecule has 142 valence electrons. The van der Waals surface area contributed by atoms with Crippen LogP contribution in [-0.4, -0.2) is 33.5 Å². The summed E-state index contributed by atoms with van der Waals surface area (Å²) in [5, 5.41) is 1.80. The number of rotatable bonds is 6. The third-order valence-electron chi connectivity index (χ3n) is 4.71. The molecule has 0 aliphatic carbocycles. The maximum Gasteiger partial charge on any atom is 0.253 e. The van der Waals surface area contributed by atoms with Crippen LogP contribution in [0.15, 0.2) is 33.9 Å². The molecule has 0 saturated heterocycles. The second kappa shape index (κ2) is 7.58. The van der Waals surface area contributed by atoms with Gasteiger partial charge in [0.2, 0.25) is 0 Å². The smallest absolute Gasteiger partial charge is 0.253 e. The third-order valence-corrected chi connectivity index (χ3v) is 7.99. The Labute approximate surface area is 159 Å². The summed E-state index contributed by atoms with van der Waals surface area (Å²) in [6.45, 7) is 4.70. The maximum atomic E-state index is 13.2. The zero-order valence-electron chi connectivity index (χ0n) is 15.6. The van der Waals surface area contributed by atoms with Crippen molar-refractivity contribution in [1.82, 2.24) is 4.31 Å². The molecule has 0 saturated carbocycles. The van der Waals surface area contributed by atoms with Gasteiger partial charge < -0.3 is 9.47 Å². The van der Waals surface area contributed by atoms with E-state index in [0.717, 1.165) is 17.5 Å². The van der Waals surface area contributed by atoms with Crippen LogP contribution in [0.5, 0.6) is 11.5 Å². The van der Waals surface area contributed by atoms with Crippen LogP contribution in [0.3, 0.4) is 0 Å². The van der Waals surface area contributed by atoms with Crippen molar-refractivity contribution in [3.8, 4) is 11.5 Å². The van der Waals surface area contributed by atoms with Crippen LogP contribution in [0.2, 0.25) is 0 Å². The highest BCUT2D eigenvalue weighted by atomic mass is 32.2. The maximum absolute atomic E-state index is 13.2. The summed E-state index contributed by atoms with van der Waals surface area (Å²) >= 11 is 1.27. The summed E-state index contributed by atoms with van der Waals surface area (Å²) in [5.74, 6) is 1.68. The second-order valence-electron chi connectivity index (χ2n) is 6.85. The predicted molar refractivity (Wildman–Crippen MR) is 104 cm³/mol. The molecule has 1 aliphatic rings. The number of ether oxygens (including phenoxy) is 2. The molecular formula is C19H25NO4S2. The first-order chi connectivity index (χ1) is 12.4. The highest BCUT2D eigenvalue weighted by molar-refractivity contribution is 7.91. The molecular weight excluding hydrogens is 370 g/mol. The Bertz CT molecular complexity index is 860. The summed E-state index contributed by atoms with van der Waals surface area (Å²) in [5.41, 5.74) is 2.15. The first-order valence-electron chi connectivity index (χ1n) is 8.68. The van der Waals surface area contributed by atoms with Crippen molar-refractivity contribution in [3.05, 3.63) is 40.8 Å². The lowest BCUT2D eigenvalue weighted by molar-refractivity contribution is 0.268.